The number of benzene rings is 1. The molecule has 0 radical (unpaired) electrons. The number of halogens is 1. The number of thioether (sulfide) groups is 1. The number of carbonyl (C=O) groups is 1. The van der Waals surface area contributed by atoms with E-state index in [0.717, 1.165) is 22.1 Å². The van der Waals surface area contributed by atoms with Crippen LogP contribution in [0.4, 0.5) is 0 Å². The molecule has 100 valence electrons. The summed E-state index contributed by atoms with van der Waals surface area (Å²) in [5.74, 6) is 1.13. The van der Waals surface area contributed by atoms with Gasteiger partial charge in [-0.1, -0.05) is 45.1 Å². The van der Waals surface area contributed by atoms with Gasteiger partial charge < -0.3 is 0 Å². The number of rotatable bonds is 9. The summed E-state index contributed by atoms with van der Waals surface area (Å²) in [6, 6.07) is 5.75. The predicted octanol–water partition coefficient (Wildman–Crippen LogP) is 5.71. The predicted molar refractivity (Wildman–Crippen MR) is 83.6 cm³/mol. The van der Waals surface area contributed by atoms with Gasteiger partial charge in [-0.25, -0.2) is 0 Å². The van der Waals surface area contributed by atoms with Gasteiger partial charge in [0.1, 0.15) is 6.29 Å². The van der Waals surface area contributed by atoms with Crippen molar-refractivity contribution in [1.82, 2.24) is 0 Å². The molecule has 0 bridgehead atoms. The van der Waals surface area contributed by atoms with Crippen LogP contribution in [-0.2, 0) is 0 Å². The molecule has 0 fully saturated rings. The summed E-state index contributed by atoms with van der Waals surface area (Å²) in [5, 5.41) is 0. The zero-order valence-corrected chi connectivity index (χ0v) is 13.4. The molecule has 0 amide bonds. The molecule has 0 aliphatic carbocycles. The standard InChI is InChI=1S/C15H21BrOS/c1-2-3-4-5-6-7-10-18-15-11-13(12-17)8-9-14(15)16/h8-9,11-12H,2-7,10H2,1H3. The van der Waals surface area contributed by atoms with E-state index < -0.39 is 0 Å². The van der Waals surface area contributed by atoms with Gasteiger partial charge in [-0.15, -0.1) is 11.8 Å². The average molecular weight is 329 g/mol. The van der Waals surface area contributed by atoms with Gasteiger partial charge in [0.2, 0.25) is 0 Å². The van der Waals surface area contributed by atoms with Gasteiger partial charge in [-0.05, 0) is 40.2 Å². The summed E-state index contributed by atoms with van der Waals surface area (Å²) in [6.07, 6.45) is 8.86. The van der Waals surface area contributed by atoms with E-state index in [1.807, 2.05) is 30.0 Å². The quantitative estimate of drug-likeness (QED) is 0.328. The first-order valence-electron chi connectivity index (χ1n) is 6.65. The van der Waals surface area contributed by atoms with Crippen LogP contribution in [0.25, 0.3) is 0 Å². The molecule has 0 unspecified atom stereocenters. The van der Waals surface area contributed by atoms with Crippen LogP contribution in [0.3, 0.4) is 0 Å². The van der Waals surface area contributed by atoms with Crippen LogP contribution in [0.1, 0.15) is 55.8 Å². The van der Waals surface area contributed by atoms with Crippen molar-refractivity contribution in [2.24, 2.45) is 0 Å². The second kappa shape index (κ2) is 9.62. The third-order valence-electron chi connectivity index (χ3n) is 2.85. The van der Waals surface area contributed by atoms with Crippen LogP contribution in [0.5, 0.6) is 0 Å². The summed E-state index contributed by atoms with van der Waals surface area (Å²) >= 11 is 5.36. The maximum absolute atomic E-state index is 10.7. The highest BCUT2D eigenvalue weighted by atomic mass is 79.9. The summed E-state index contributed by atoms with van der Waals surface area (Å²) in [5.41, 5.74) is 0.753. The van der Waals surface area contributed by atoms with E-state index in [4.69, 9.17) is 0 Å². The molecule has 1 aromatic carbocycles. The Hall–Kier alpha value is -0.280. The third kappa shape index (κ3) is 6.05. The monoisotopic (exact) mass is 328 g/mol. The SMILES string of the molecule is CCCCCCCCSc1cc(C=O)ccc1Br. The summed E-state index contributed by atoms with van der Waals surface area (Å²) in [6.45, 7) is 2.24. The molecular weight excluding hydrogens is 308 g/mol. The number of unbranched alkanes of at least 4 members (excludes halogenated alkanes) is 5. The molecule has 0 aliphatic rings. The Bertz CT molecular complexity index is 366. The first-order chi connectivity index (χ1) is 8.77. The minimum absolute atomic E-state index is 0.753. The zero-order chi connectivity index (χ0) is 13.2. The number of hydrogen-bond donors (Lipinski definition) is 0. The lowest BCUT2D eigenvalue weighted by atomic mass is 10.1. The normalized spacial score (nSPS) is 10.6. The van der Waals surface area contributed by atoms with Gasteiger partial charge in [-0.3, -0.25) is 4.79 Å². The molecule has 0 heterocycles. The molecule has 1 nitrogen and oxygen atoms in total. The van der Waals surface area contributed by atoms with Crippen molar-refractivity contribution in [3.05, 3.63) is 28.2 Å². The Morgan fingerprint density at radius 1 is 1.17 bits per heavy atom. The summed E-state index contributed by atoms with van der Waals surface area (Å²) in [4.78, 5) is 11.9. The van der Waals surface area contributed by atoms with Gasteiger partial charge in [0, 0.05) is 14.9 Å². The van der Waals surface area contributed by atoms with E-state index in [2.05, 4.69) is 22.9 Å². The smallest absolute Gasteiger partial charge is 0.150 e. The van der Waals surface area contributed by atoms with Crippen LogP contribution in [0, 0.1) is 0 Å². The molecule has 0 aromatic heterocycles. The lowest BCUT2D eigenvalue weighted by molar-refractivity contribution is 0.112. The van der Waals surface area contributed by atoms with Crippen LogP contribution in [0.2, 0.25) is 0 Å². The minimum Gasteiger partial charge on any atom is -0.298 e. The fraction of sp³-hybridized carbons (Fsp3) is 0.533. The van der Waals surface area contributed by atoms with Crippen molar-refractivity contribution in [2.75, 3.05) is 5.75 Å². The maximum atomic E-state index is 10.7. The Kier molecular flexibility index (Phi) is 8.44. The molecule has 1 rings (SSSR count). The van der Waals surface area contributed by atoms with Crippen molar-refractivity contribution >= 4 is 34.0 Å². The minimum atomic E-state index is 0.753. The van der Waals surface area contributed by atoms with Crippen LogP contribution >= 0.6 is 27.7 Å². The molecule has 1 aromatic rings. The van der Waals surface area contributed by atoms with Crippen LogP contribution in [-0.4, -0.2) is 12.0 Å². The highest BCUT2D eigenvalue weighted by Gasteiger charge is 2.02. The van der Waals surface area contributed by atoms with E-state index in [-0.39, 0.29) is 0 Å². The van der Waals surface area contributed by atoms with Gasteiger partial charge in [0.25, 0.3) is 0 Å². The molecule has 0 N–H and O–H groups in total. The zero-order valence-electron chi connectivity index (χ0n) is 11.0. The molecule has 0 saturated carbocycles. The second-order valence-electron chi connectivity index (χ2n) is 4.42. The fourth-order valence-electron chi connectivity index (χ4n) is 1.77. The maximum Gasteiger partial charge on any atom is 0.150 e. The topological polar surface area (TPSA) is 17.1 Å². The third-order valence-corrected chi connectivity index (χ3v) is 4.94. The number of carbonyl (C=O) groups excluding carboxylic acids is 1. The molecule has 18 heavy (non-hydrogen) atoms. The van der Waals surface area contributed by atoms with E-state index >= 15 is 0 Å². The number of aldehydes is 1. The van der Waals surface area contributed by atoms with Crippen molar-refractivity contribution in [1.29, 1.82) is 0 Å². The highest BCUT2D eigenvalue weighted by Crippen LogP contribution is 2.29. The molecule has 0 atom stereocenters. The van der Waals surface area contributed by atoms with Gasteiger partial charge >= 0.3 is 0 Å². The molecular formula is C15H21BrOS. The lowest BCUT2D eigenvalue weighted by Gasteiger charge is -2.05. The van der Waals surface area contributed by atoms with Crippen LogP contribution in [0.15, 0.2) is 27.6 Å². The average Bonchev–Trinajstić information content (AvgIpc) is 2.39. The largest absolute Gasteiger partial charge is 0.298 e. The molecule has 0 saturated heterocycles. The van der Waals surface area contributed by atoms with Crippen LogP contribution < -0.4 is 0 Å². The highest BCUT2D eigenvalue weighted by molar-refractivity contribution is 9.10. The Balaban J connectivity index is 2.24. The first-order valence-corrected chi connectivity index (χ1v) is 8.43. The van der Waals surface area contributed by atoms with Gasteiger partial charge in [0.05, 0.1) is 0 Å². The Morgan fingerprint density at radius 2 is 1.89 bits per heavy atom. The molecule has 3 heteroatoms. The Labute approximate surface area is 123 Å². The van der Waals surface area contributed by atoms with E-state index in [1.165, 1.54) is 43.4 Å². The lowest BCUT2D eigenvalue weighted by Crippen LogP contribution is -1.86. The van der Waals surface area contributed by atoms with Crippen molar-refractivity contribution in [3.63, 3.8) is 0 Å². The molecule has 0 spiro atoms. The van der Waals surface area contributed by atoms with Gasteiger partial charge in [-0.2, -0.15) is 0 Å². The van der Waals surface area contributed by atoms with Gasteiger partial charge in [0.15, 0.2) is 0 Å². The van der Waals surface area contributed by atoms with E-state index in [1.54, 1.807) is 0 Å². The number of hydrogen-bond acceptors (Lipinski definition) is 2. The summed E-state index contributed by atoms with van der Waals surface area (Å²) in [7, 11) is 0. The second-order valence-corrected chi connectivity index (χ2v) is 6.42. The van der Waals surface area contributed by atoms with Crippen molar-refractivity contribution < 1.29 is 4.79 Å². The fourth-order valence-corrected chi connectivity index (χ4v) is 3.35. The van der Waals surface area contributed by atoms with Crippen molar-refractivity contribution in [3.8, 4) is 0 Å². The van der Waals surface area contributed by atoms with Crippen molar-refractivity contribution in [2.45, 2.75) is 50.3 Å². The van der Waals surface area contributed by atoms with E-state index in [0.29, 0.717) is 0 Å². The van der Waals surface area contributed by atoms with E-state index in [9.17, 15) is 4.79 Å². The Morgan fingerprint density at radius 3 is 2.61 bits per heavy atom. The summed E-state index contributed by atoms with van der Waals surface area (Å²) < 4.78 is 1.09. The molecule has 0 aliphatic heterocycles. The first kappa shape index (κ1) is 15.8.